The number of benzene rings is 1. The first-order chi connectivity index (χ1) is 14.8. The first-order valence-corrected chi connectivity index (χ1v) is 11.7. The Kier molecular flexibility index (Phi) is 4.81. The lowest BCUT2D eigenvalue weighted by atomic mass is 9.51. The molecule has 6 atom stereocenters. The number of hydrogen-bond acceptors (Lipinski definition) is 3. The monoisotopic (exact) mass is 416 g/mol. The van der Waals surface area contributed by atoms with E-state index in [1.54, 1.807) is 6.92 Å². The summed E-state index contributed by atoms with van der Waals surface area (Å²) in [6, 6.07) is 8.76. The van der Waals surface area contributed by atoms with Gasteiger partial charge in [-0.25, -0.2) is 0 Å². The van der Waals surface area contributed by atoms with Gasteiger partial charge in [0, 0.05) is 17.8 Å². The lowest BCUT2D eigenvalue weighted by Crippen LogP contribution is -2.54. The van der Waals surface area contributed by atoms with Crippen LogP contribution in [0.3, 0.4) is 0 Å². The summed E-state index contributed by atoms with van der Waals surface area (Å²) in [5.74, 6) is 6.86. The van der Waals surface area contributed by atoms with Gasteiger partial charge in [-0.15, -0.1) is 5.92 Å². The lowest BCUT2D eigenvalue weighted by Gasteiger charge is -2.53. The van der Waals surface area contributed by atoms with Gasteiger partial charge in [0.15, 0.2) is 11.4 Å². The number of carbonyl (C=O) groups excluding carboxylic acids is 1. The SMILES string of the molecule is CC#C[C@]1(O)[C@H](O)C[C@H]2[C@@H]3CCC4=CC(=O)CCC4=C3[C@@H](c3ccc(C)cc3)C[C@@]21C. The Morgan fingerprint density at radius 1 is 1.13 bits per heavy atom. The molecule has 1 aromatic rings. The molecule has 0 unspecified atom stereocenters. The summed E-state index contributed by atoms with van der Waals surface area (Å²) in [7, 11) is 0. The molecule has 0 saturated heterocycles. The molecule has 0 amide bonds. The molecule has 3 heteroatoms. The number of rotatable bonds is 1. The van der Waals surface area contributed by atoms with Gasteiger partial charge >= 0.3 is 0 Å². The molecule has 0 heterocycles. The predicted octanol–water partition coefficient (Wildman–Crippen LogP) is 4.62. The average molecular weight is 417 g/mol. The Morgan fingerprint density at radius 3 is 2.58 bits per heavy atom. The van der Waals surface area contributed by atoms with Gasteiger partial charge in [0.2, 0.25) is 0 Å². The zero-order valence-corrected chi connectivity index (χ0v) is 18.7. The molecule has 3 nitrogen and oxygen atoms in total. The Morgan fingerprint density at radius 2 is 1.87 bits per heavy atom. The predicted molar refractivity (Wildman–Crippen MR) is 121 cm³/mol. The van der Waals surface area contributed by atoms with Crippen molar-refractivity contribution in [1.29, 1.82) is 0 Å². The standard InChI is InChI=1S/C28H32O3/c1-4-13-28(31)25(30)15-24-22-11-9-19-14-20(29)10-12-21(19)26(22)23(16-27(24,28)3)18-7-5-17(2)6-8-18/h5-8,14,22-25,30-31H,9-12,15-16H2,1-3H3/t22-,23+,24-,25+,27-,28-/m0/s1. The first kappa shape index (κ1) is 20.7. The van der Waals surface area contributed by atoms with Crippen LogP contribution in [0.5, 0.6) is 0 Å². The number of allylic oxidation sites excluding steroid dienone is 4. The topological polar surface area (TPSA) is 57.5 Å². The highest BCUT2D eigenvalue weighted by Crippen LogP contribution is 2.66. The molecule has 31 heavy (non-hydrogen) atoms. The number of aliphatic hydroxyl groups excluding tert-OH is 1. The van der Waals surface area contributed by atoms with Gasteiger partial charge in [-0.1, -0.05) is 48.2 Å². The van der Waals surface area contributed by atoms with Crippen molar-refractivity contribution in [3.8, 4) is 11.8 Å². The van der Waals surface area contributed by atoms with Crippen molar-refractivity contribution in [1.82, 2.24) is 0 Å². The third-order valence-corrected chi connectivity index (χ3v) is 8.75. The van der Waals surface area contributed by atoms with Crippen LogP contribution in [0.2, 0.25) is 0 Å². The van der Waals surface area contributed by atoms with E-state index in [1.165, 1.54) is 27.8 Å². The summed E-state index contributed by atoms with van der Waals surface area (Å²) in [5, 5.41) is 22.7. The Bertz CT molecular complexity index is 1050. The first-order valence-electron chi connectivity index (χ1n) is 11.7. The van der Waals surface area contributed by atoms with Crippen molar-refractivity contribution in [2.24, 2.45) is 17.3 Å². The molecule has 0 aromatic heterocycles. The maximum absolute atomic E-state index is 12.1. The third-order valence-electron chi connectivity index (χ3n) is 8.75. The van der Waals surface area contributed by atoms with Crippen LogP contribution in [0.4, 0.5) is 0 Å². The Labute approximate surface area is 185 Å². The molecule has 2 fully saturated rings. The molecule has 2 N–H and O–H groups in total. The maximum atomic E-state index is 12.1. The maximum Gasteiger partial charge on any atom is 0.156 e. The van der Waals surface area contributed by atoms with Crippen LogP contribution >= 0.6 is 0 Å². The van der Waals surface area contributed by atoms with Gasteiger partial charge in [0.25, 0.3) is 0 Å². The average Bonchev–Trinajstić information content (AvgIpc) is 2.94. The molecule has 0 aliphatic heterocycles. The minimum Gasteiger partial charge on any atom is -0.389 e. The molecule has 4 aliphatic carbocycles. The van der Waals surface area contributed by atoms with Gasteiger partial charge in [-0.3, -0.25) is 4.79 Å². The Hall–Kier alpha value is -2.15. The second kappa shape index (κ2) is 7.19. The van der Waals surface area contributed by atoms with Crippen molar-refractivity contribution in [2.45, 2.75) is 76.9 Å². The normalized spacial score (nSPS) is 39.1. The fraction of sp³-hybridized carbons (Fsp3) is 0.536. The van der Waals surface area contributed by atoms with Gasteiger partial charge < -0.3 is 10.2 Å². The number of carbonyl (C=O) groups is 1. The summed E-state index contributed by atoms with van der Waals surface area (Å²) >= 11 is 0. The van der Waals surface area contributed by atoms with E-state index >= 15 is 0 Å². The van der Waals surface area contributed by atoms with Crippen LogP contribution in [0.1, 0.15) is 69.4 Å². The van der Waals surface area contributed by atoms with Crippen molar-refractivity contribution in [2.75, 3.05) is 0 Å². The van der Waals surface area contributed by atoms with E-state index in [1.807, 2.05) is 6.08 Å². The second-order valence-electron chi connectivity index (χ2n) is 10.3. The Balaban J connectivity index is 1.71. The number of aliphatic hydroxyl groups is 2. The molecule has 0 spiro atoms. The van der Waals surface area contributed by atoms with Crippen molar-refractivity contribution >= 4 is 5.78 Å². The van der Waals surface area contributed by atoms with Crippen LogP contribution in [0.15, 0.2) is 47.1 Å². The van der Waals surface area contributed by atoms with Gasteiger partial charge in [0.1, 0.15) is 0 Å². The van der Waals surface area contributed by atoms with Crippen molar-refractivity contribution in [3.05, 3.63) is 58.2 Å². The minimum absolute atomic E-state index is 0.175. The fourth-order valence-electron chi connectivity index (χ4n) is 7.19. The summed E-state index contributed by atoms with van der Waals surface area (Å²) < 4.78 is 0. The molecule has 162 valence electrons. The smallest absolute Gasteiger partial charge is 0.156 e. The highest BCUT2D eigenvalue weighted by atomic mass is 16.3. The van der Waals surface area contributed by atoms with Gasteiger partial charge in [-0.05, 0) is 80.6 Å². The van der Waals surface area contributed by atoms with Crippen LogP contribution in [0, 0.1) is 36.0 Å². The number of fused-ring (bicyclic) bond motifs is 4. The fourth-order valence-corrected chi connectivity index (χ4v) is 7.19. The van der Waals surface area contributed by atoms with E-state index in [0.717, 1.165) is 25.7 Å². The third kappa shape index (κ3) is 2.92. The highest BCUT2D eigenvalue weighted by Gasteiger charge is 2.66. The number of ketones is 1. The van der Waals surface area contributed by atoms with Gasteiger partial charge in [-0.2, -0.15) is 0 Å². The van der Waals surface area contributed by atoms with Crippen molar-refractivity contribution < 1.29 is 15.0 Å². The summed E-state index contributed by atoms with van der Waals surface area (Å²) in [6.07, 6.45) is 5.70. The van der Waals surface area contributed by atoms with Crippen LogP contribution in [-0.2, 0) is 4.79 Å². The van der Waals surface area contributed by atoms with E-state index in [-0.39, 0.29) is 17.6 Å². The van der Waals surface area contributed by atoms with Crippen molar-refractivity contribution in [3.63, 3.8) is 0 Å². The molecule has 0 bridgehead atoms. The molecular formula is C28H32O3. The molecular weight excluding hydrogens is 384 g/mol. The minimum atomic E-state index is -1.38. The van der Waals surface area contributed by atoms with Crippen LogP contribution in [-0.4, -0.2) is 27.7 Å². The summed E-state index contributed by atoms with van der Waals surface area (Å²) in [5.41, 5.74) is 4.71. The summed E-state index contributed by atoms with van der Waals surface area (Å²) in [6.45, 7) is 5.99. The van der Waals surface area contributed by atoms with E-state index in [2.05, 4.69) is 50.0 Å². The zero-order chi connectivity index (χ0) is 22.0. The number of aryl methyl sites for hydroxylation is 1. The molecule has 2 saturated carbocycles. The largest absolute Gasteiger partial charge is 0.389 e. The van der Waals surface area contributed by atoms with E-state index in [4.69, 9.17) is 0 Å². The summed E-state index contributed by atoms with van der Waals surface area (Å²) in [4.78, 5) is 12.1. The van der Waals surface area contributed by atoms with E-state index in [9.17, 15) is 15.0 Å². The van der Waals surface area contributed by atoms with Gasteiger partial charge in [0.05, 0.1) is 6.10 Å². The van der Waals surface area contributed by atoms with E-state index < -0.39 is 17.1 Å². The molecule has 1 aromatic carbocycles. The van der Waals surface area contributed by atoms with E-state index in [0.29, 0.717) is 18.8 Å². The molecule has 4 aliphatic rings. The lowest BCUT2D eigenvalue weighted by molar-refractivity contribution is -0.114. The quantitative estimate of drug-likeness (QED) is 0.657. The number of hydrogen-bond donors (Lipinski definition) is 2. The highest BCUT2D eigenvalue weighted by molar-refractivity contribution is 5.93. The zero-order valence-electron chi connectivity index (χ0n) is 18.7. The van der Waals surface area contributed by atoms with Crippen LogP contribution in [0.25, 0.3) is 0 Å². The van der Waals surface area contributed by atoms with Crippen LogP contribution < -0.4 is 0 Å². The molecule has 0 radical (unpaired) electrons. The second-order valence-corrected chi connectivity index (χ2v) is 10.3. The molecule has 5 rings (SSSR count).